The van der Waals surface area contributed by atoms with E-state index < -0.39 is 0 Å². The lowest BCUT2D eigenvalue weighted by molar-refractivity contribution is -0.124. The Morgan fingerprint density at radius 1 is 1.38 bits per heavy atom. The first kappa shape index (κ1) is 17.3. The van der Waals surface area contributed by atoms with E-state index in [1.54, 1.807) is 0 Å². The SMILES string of the molecule is CC(CCCN1C(=O)CSC1=O)N(C)C1CCc2ccccc2O1. The molecule has 3 rings (SSSR count). The van der Waals surface area contributed by atoms with Gasteiger partial charge in [-0.05, 0) is 44.9 Å². The molecule has 1 aromatic rings. The Morgan fingerprint density at radius 2 is 2.17 bits per heavy atom. The highest BCUT2D eigenvalue weighted by Gasteiger charge is 2.30. The van der Waals surface area contributed by atoms with E-state index >= 15 is 0 Å². The standard InChI is InChI=1S/C18H24N2O3S/c1-13(6-5-11-20-16(21)12-24-18(20)22)19(2)17-10-9-14-7-3-4-8-15(14)23-17/h3-4,7-8,13,17H,5-6,9-12H2,1-2H3. The molecule has 0 N–H and O–H groups in total. The van der Waals surface area contributed by atoms with Gasteiger partial charge in [0.15, 0.2) is 6.23 Å². The largest absolute Gasteiger partial charge is 0.475 e. The molecule has 2 aliphatic heterocycles. The minimum Gasteiger partial charge on any atom is -0.475 e. The van der Waals surface area contributed by atoms with E-state index in [-0.39, 0.29) is 17.4 Å². The summed E-state index contributed by atoms with van der Waals surface area (Å²) in [5, 5.41) is -0.103. The number of para-hydroxylation sites is 1. The molecule has 0 aliphatic carbocycles. The monoisotopic (exact) mass is 348 g/mol. The molecule has 0 radical (unpaired) electrons. The van der Waals surface area contributed by atoms with Crippen molar-refractivity contribution in [1.29, 1.82) is 0 Å². The van der Waals surface area contributed by atoms with Crippen LogP contribution in [0.1, 0.15) is 31.7 Å². The summed E-state index contributed by atoms with van der Waals surface area (Å²) in [6.07, 6.45) is 3.86. The molecule has 1 saturated heterocycles. The van der Waals surface area contributed by atoms with Gasteiger partial charge in [0.2, 0.25) is 5.91 Å². The van der Waals surface area contributed by atoms with Gasteiger partial charge in [-0.3, -0.25) is 19.4 Å². The molecule has 2 amide bonds. The van der Waals surface area contributed by atoms with Crippen LogP contribution in [0.25, 0.3) is 0 Å². The summed E-state index contributed by atoms with van der Waals surface area (Å²) in [5.74, 6) is 1.22. The molecular formula is C18H24N2O3S. The zero-order valence-corrected chi connectivity index (χ0v) is 15.1. The number of amides is 2. The van der Waals surface area contributed by atoms with Gasteiger partial charge in [-0.1, -0.05) is 30.0 Å². The quantitative estimate of drug-likeness (QED) is 0.790. The van der Waals surface area contributed by atoms with Gasteiger partial charge >= 0.3 is 0 Å². The molecule has 5 nitrogen and oxygen atoms in total. The predicted octanol–water partition coefficient (Wildman–Crippen LogP) is 3.13. The van der Waals surface area contributed by atoms with Gasteiger partial charge in [-0.25, -0.2) is 0 Å². The average molecular weight is 348 g/mol. The van der Waals surface area contributed by atoms with Gasteiger partial charge in [0.25, 0.3) is 5.24 Å². The first-order chi connectivity index (χ1) is 11.6. The number of rotatable bonds is 6. The zero-order valence-electron chi connectivity index (χ0n) is 14.2. The Hall–Kier alpha value is -1.53. The van der Waals surface area contributed by atoms with Crippen molar-refractivity contribution in [2.45, 2.75) is 44.9 Å². The molecule has 0 aromatic heterocycles. The second-order valence-electron chi connectivity index (χ2n) is 6.48. The maximum Gasteiger partial charge on any atom is 0.288 e. The summed E-state index contributed by atoms with van der Waals surface area (Å²) in [7, 11) is 2.09. The molecule has 1 aromatic carbocycles. The van der Waals surface area contributed by atoms with Crippen molar-refractivity contribution >= 4 is 22.9 Å². The van der Waals surface area contributed by atoms with Crippen molar-refractivity contribution in [2.24, 2.45) is 0 Å². The fourth-order valence-electron chi connectivity index (χ4n) is 3.23. The Balaban J connectivity index is 1.48. The van der Waals surface area contributed by atoms with E-state index in [4.69, 9.17) is 4.74 Å². The summed E-state index contributed by atoms with van der Waals surface area (Å²) >= 11 is 1.10. The normalized spacial score (nSPS) is 21.8. The van der Waals surface area contributed by atoms with Crippen molar-refractivity contribution in [2.75, 3.05) is 19.3 Å². The third-order valence-corrected chi connectivity index (χ3v) is 5.75. The molecular weight excluding hydrogens is 324 g/mol. The number of imide groups is 1. The average Bonchev–Trinajstić information content (AvgIpc) is 2.92. The molecule has 130 valence electrons. The third kappa shape index (κ3) is 3.75. The van der Waals surface area contributed by atoms with Crippen LogP contribution >= 0.6 is 11.8 Å². The molecule has 1 fully saturated rings. The van der Waals surface area contributed by atoms with Crippen LogP contribution in [-0.4, -0.2) is 52.6 Å². The number of carbonyl (C=O) groups excluding carboxylic acids is 2. The van der Waals surface area contributed by atoms with Crippen LogP contribution in [0.15, 0.2) is 24.3 Å². The molecule has 0 spiro atoms. The molecule has 0 bridgehead atoms. The van der Waals surface area contributed by atoms with Crippen molar-refractivity contribution in [3.63, 3.8) is 0 Å². The Labute approximate surface area is 147 Å². The lowest BCUT2D eigenvalue weighted by Crippen LogP contribution is -2.44. The van der Waals surface area contributed by atoms with E-state index in [1.165, 1.54) is 10.5 Å². The second kappa shape index (κ2) is 7.57. The van der Waals surface area contributed by atoms with E-state index in [0.29, 0.717) is 18.3 Å². The topological polar surface area (TPSA) is 49.9 Å². The smallest absolute Gasteiger partial charge is 0.288 e. The number of fused-ring (bicyclic) bond motifs is 1. The lowest BCUT2D eigenvalue weighted by atomic mass is 10.0. The van der Waals surface area contributed by atoms with Crippen molar-refractivity contribution in [3.05, 3.63) is 29.8 Å². The number of ether oxygens (including phenoxy) is 1. The molecule has 2 aliphatic rings. The molecule has 24 heavy (non-hydrogen) atoms. The minimum absolute atomic E-state index is 0.0572. The van der Waals surface area contributed by atoms with Gasteiger partial charge in [-0.15, -0.1) is 0 Å². The van der Waals surface area contributed by atoms with Crippen molar-refractivity contribution in [1.82, 2.24) is 9.80 Å². The summed E-state index contributed by atoms with van der Waals surface area (Å²) in [6, 6.07) is 8.54. The highest BCUT2D eigenvalue weighted by molar-refractivity contribution is 8.14. The third-order valence-electron chi connectivity index (χ3n) is 4.89. The van der Waals surface area contributed by atoms with E-state index in [0.717, 1.165) is 43.2 Å². The van der Waals surface area contributed by atoms with E-state index in [9.17, 15) is 9.59 Å². The van der Waals surface area contributed by atoms with Crippen LogP contribution in [0.3, 0.4) is 0 Å². The maximum atomic E-state index is 11.6. The van der Waals surface area contributed by atoms with E-state index in [1.807, 2.05) is 18.2 Å². The van der Waals surface area contributed by atoms with Gasteiger partial charge in [-0.2, -0.15) is 0 Å². The van der Waals surface area contributed by atoms with Gasteiger partial charge < -0.3 is 4.74 Å². The first-order valence-corrected chi connectivity index (χ1v) is 9.48. The number of aryl methyl sites for hydroxylation is 1. The lowest BCUT2D eigenvalue weighted by Gasteiger charge is -2.36. The van der Waals surface area contributed by atoms with Crippen LogP contribution < -0.4 is 4.74 Å². The molecule has 2 unspecified atom stereocenters. The minimum atomic E-state index is -0.103. The Morgan fingerprint density at radius 3 is 2.92 bits per heavy atom. The van der Waals surface area contributed by atoms with Gasteiger partial charge in [0.05, 0.1) is 5.75 Å². The number of benzene rings is 1. The van der Waals surface area contributed by atoms with E-state index in [2.05, 4.69) is 24.9 Å². The maximum absolute atomic E-state index is 11.6. The molecule has 2 atom stereocenters. The highest BCUT2D eigenvalue weighted by Crippen LogP contribution is 2.29. The van der Waals surface area contributed by atoms with Gasteiger partial charge in [0, 0.05) is 19.0 Å². The molecule has 6 heteroatoms. The van der Waals surface area contributed by atoms with Crippen LogP contribution in [0.2, 0.25) is 0 Å². The Kier molecular flexibility index (Phi) is 5.46. The van der Waals surface area contributed by atoms with Crippen molar-refractivity contribution in [3.8, 4) is 5.75 Å². The number of hydrogen-bond donors (Lipinski definition) is 0. The summed E-state index contributed by atoms with van der Waals surface area (Å²) in [4.78, 5) is 26.9. The first-order valence-electron chi connectivity index (χ1n) is 8.50. The zero-order chi connectivity index (χ0) is 17.1. The number of nitrogens with zero attached hydrogens (tertiary/aromatic N) is 2. The van der Waals surface area contributed by atoms with Crippen LogP contribution in [0.4, 0.5) is 4.79 Å². The fraction of sp³-hybridized carbons (Fsp3) is 0.556. The number of thioether (sulfide) groups is 1. The van der Waals surface area contributed by atoms with Crippen LogP contribution in [0, 0.1) is 0 Å². The molecule has 2 heterocycles. The summed E-state index contributed by atoms with van der Waals surface area (Å²) in [5.41, 5.74) is 1.28. The summed E-state index contributed by atoms with van der Waals surface area (Å²) in [6.45, 7) is 2.70. The predicted molar refractivity (Wildman–Crippen MR) is 95.2 cm³/mol. The number of hydrogen-bond acceptors (Lipinski definition) is 5. The summed E-state index contributed by atoms with van der Waals surface area (Å²) < 4.78 is 6.13. The Bertz CT molecular complexity index is 606. The second-order valence-corrected chi connectivity index (χ2v) is 7.40. The van der Waals surface area contributed by atoms with Crippen molar-refractivity contribution < 1.29 is 14.3 Å². The number of carbonyl (C=O) groups is 2. The van der Waals surface area contributed by atoms with Gasteiger partial charge in [0.1, 0.15) is 5.75 Å². The van der Waals surface area contributed by atoms with Crippen LogP contribution in [-0.2, 0) is 11.2 Å². The fourth-order valence-corrected chi connectivity index (χ4v) is 3.98. The van der Waals surface area contributed by atoms with Crippen LogP contribution in [0.5, 0.6) is 5.75 Å². The molecule has 0 saturated carbocycles. The highest BCUT2D eigenvalue weighted by atomic mass is 32.2.